The Kier molecular flexibility index (Phi) is 3.29. The van der Waals surface area contributed by atoms with Crippen molar-refractivity contribution in [3.8, 4) is 0 Å². The number of hydrogen-bond donors (Lipinski definition) is 1. The number of anilines is 1. The van der Waals surface area contributed by atoms with E-state index in [1.54, 1.807) is 18.5 Å². The van der Waals surface area contributed by atoms with Gasteiger partial charge >= 0.3 is 0 Å². The quantitative estimate of drug-likeness (QED) is 0.926. The third-order valence-electron chi connectivity index (χ3n) is 2.54. The highest BCUT2D eigenvalue weighted by atomic mass is 79.9. The van der Waals surface area contributed by atoms with Gasteiger partial charge in [0.05, 0.1) is 11.0 Å². The van der Waals surface area contributed by atoms with Crippen LogP contribution < -0.4 is 4.90 Å². The number of fused-ring (bicyclic) bond motifs is 1. The lowest BCUT2D eigenvalue weighted by atomic mass is 10.1. The molecule has 18 heavy (non-hydrogen) atoms. The molecule has 98 valence electrons. The maximum absolute atomic E-state index is 9.88. The molecule has 0 amide bonds. The van der Waals surface area contributed by atoms with Crippen LogP contribution in [0, 0.1) is 0 Å². The lowest BCUT2D eigenvalue weighted by Gasteiger charge is -2.26. The first-order valence-corrected chi connectivity index (χ1v) is 6.35. The minimum atomic E-state index is -0.791. The molecule has 0 aliphatic rings. The molecule has 2 rings (SSSR count). The molecule has 0 bridgehead atoms. The first-order chi connectivity index (χ1) is 8.29. The molecular formula is C11H16BrN5O. The third kappa shape index (κ3) is 2.46. The minimum Gasteiger partial charge on any atom is -0.389 e. The summed E-state index contributed by atoms with van der Waals surface area (Å²) in [5.74, 6) is 0.752. The molecule has 0 aromatic carbocycles. The van der Waals surface area contributed by atoms with Crippen LogP contribution in [0.25, 0.3) is 11.0 Å². The molecule has 2 aromatic rings. The third-order valence-corrected chi connectivity index (χ3v) is 3.10. The number of aliphatic hydroxyl groups is 1. The molecule has 0 atom stereocenters. The first-order valence-electron chi connectivity index (χ1n) is 5.56. The highest BCUT2D eigenvalue weighted by Crippen LogP contribution is 2.29. The average Bonchev–Trinajstić information content (AvgIpc) is 2.52. The summed E-state index contributed by atoms with van der Waals surface area (Å²) >= 11 is 3.42. The van der Waals surface area contributed by atoms with E-state index in [0.29, 0.717) is 11.1 Å². The Morgan fingerprint density at radius 2 is 2.11 bits per heavy atom. The van der Waals surface area contributed by atoms with Gasteiger partial charge in [0.25, 0.3) is 0 Å². The van der Waals surface area contributed by atoms with E-state index in [-0.39, 0.29) is 0 Å². The van der Waals surface area contributed by atoms with Crippen LogP contribution in [-0.2, 0) is 7.05 Å². The van der Waals surface area contributed by atoms with Crippen molar-refractivity contribution in [3.63, 3.8) is 0 Å². The molecule has 1 N–H and O–H groups in total. The number of hydrogen-bond acceptors (Lipinski definition) is 5. The van der Waals surface area contributed by atoms with Gasteiger partial charge in [-0.25, -0.2) is 14.6 Å². The van der Waals surface area contributed by atoms with Gasteiger partial charge in [-0.05, 0) is 29.8 Å². The van der Waals surface area contributed by atoms with E-state index in [4.69, 9.17) is 0 Å². The van der Waals surface area contributed by atoms with Gasteiger partial charge < -0.3 is 10.0 Å². The summed E-state index contributed by atoms with van der Waals surface area (Å²) < 4.78 is 2.40. The van der Waals surface area contributed by atoms with Crippen molar-refractivity contribution in [2.75, 3.05) is 18.5 Å². The van der Waals surface area contributed by atoms with E-state index in [1.165, 1.54) is 6.33 Å². The van der Waals surface area contributed by atoms with Gasteiger partial charge in [-0.3, -0.25) is 0 Å². The molecule has 6 nitrogen and oxygen atoms in total. The number of halogens is 1. The van der Waals surface area contributed by atoms with E-state index < -0.39 is 5.60 Å². The second kappa shape index (κ2) is 4.47. The van der Waals surface area contributed by atoms with E-state index in [2.05, 4.69) is 31.0 Å². The molecule has 0 aliphatic heterocycles. The summed E-state index contributed by atoms with van der Waals surface area (Å²) in [4.78, 5) is 10.4. The van der Waals surface area contributed by atoms with Crippen LogP contribution in [0.1, 0.15) is 13.8 Å². The van der Waals surface area contributed by atoms with Crippen LogP contribution in [0.4, 0.5) is 5.82 Å². The monoisotopic (exact) mass is 313 g/mol. The first kappa shape index (κ1) is 13.2. The summed E-state index contributed by atoms with van der Waals surface area (Å²) in [5.41, 5.74) is -0.0322. The maximum Gasteiger partial charge on any atom is 0.164 e. The van der Waals surface area contributed by atoms with Crippen LogP contribution in [0.5, 0.6) is 0 Å². The van der Waals surface area contributed by atoms with E-state index in [0.717, 1.165) is 16.9 Å². The predicted octanol–water partition coefficient (Wildman–Crippen LogP) is 1.33. The molecule has 0 saturated heterocycles. The fourth-order valence-electron chi connectivity index (χ4n) is 1.97. The number of nitrogens with zero attached hydrogens (tertiary/aromatic N) is 5. The van der Waals surface area contributed by atoms with Gasteiger partial charge in [0.1, 0.15) is 16.7 Å². The van der Waals surface area contributed by atoms with Gasteiger partial charge in [0.2, 0.25) is 0 Å². The average molecular weight is 314 g/mol. The Balaban J connectivity index is 2.51. The van der Waals surface area contributed by atoms with Gasteiger partial charge in [0, 0.05) is 20.6 Å². The summed E-state index contributed by atoms with van der Waals surface area (Å²) in [6, 6.07) is 0. The van der Waals surface area contributed by atoms with Gasteiger partial charge in [-0.15, -0.1) is 0 Å². The molecule has 2 heterocycles. The number of aryl methyl sites for hydroxylation is 1. The normalized spacial score (nSPS) is 12.1. The molecule has 0 aliphatic carbocycles. The van der Waals surface area contributed by atoms with Gasteiger partial charge in [0.15, 0.2) is 5.65 Å². The summed E-state index contributed by atoms with van der Waals surface area (Å²) in [7, 11) is 3.72. The zero-order valence-electron chi connectivity index (χ0n) is 10.8. The molecule has 2 aromatic heterocycles. The Labute approximate surface area is 114 Å². The van der Waals surface area contributed by atoms with Crippen LogP contribution in [0.3, 0.4) is 0 Å². The maximum atomic E-state index is 9.88. The SMILES string of the molecule is CN(CC(C)(C)O)c1ncnc2c1c(Br)nn2C. The molecule has 0 spiro atoms. The molecular weight excluding hydrogens is 298 g/mol. The minimum absolute atomic E-state index is 0.473. The second-order valence-corrected chi connectivity index (χ2v) is 5.73. The van der Waals surface area contributed by atoms with Crippen molar-refractivity contribution >= 4 is 32.8 Å². The second-order valence-electron chi connectivity index (χ2n) is 4.98. The Morgan fingerprint density at radius 3 is 2.72 bits per heavy atom. The van der Waals surface area contributed by atoms with E-state index in [1.807, 2.05) is 19.0 Å². The lowest BCUT2D eigenvalue weighted by Crippen LogP contribution is -2.36. The van der Waals surface area contributed by atoms with Crippen molar-refractivity contribution in [3.05, 3.63) is 10.9 Å². The zero-order chi connectivity index (χ0) is 13.5. The Hall–Kier alpha value is -1.21. The van der Waals surface area contributed by atoms with Crippen LogP contribution in [0.15, 0.2) is 10.9 Å². The molecule has 0 radical (unpaired) electrons. The fraction of sp³-hybridized carbons (Fsp3) is 0.545. The van der Waals surface area contributed by atoms with Crippen molar-refractivity contribution in [2.24, 2.45) is 7.05 Å². The Bertz CT molecular complexity index is 575. The fourth-order valence-corrected chi connectivity index (χ4v) is 2.56. The highest BCUT2D eigenvalue weighted by Gasteiger charge is 2.21. The number of aromatic nitrogens is 4. The van der Waals surface area contributed by atoms with Crippen molar-refractivity contribution in [1.29, 1.82) is 0 Å². The number of rotatable bonds is 3. The van der Waals surface area contributed by atoms with Crippen LogP contribution in [0.2, 0.25) is 0 Å². The largest absolute Gasteiger partial charge is 0.389 e. The molecule has 0 saturated carbocycles. The van der Waals surface area contributed by atoms with Crippen molar-refractivity contribution in [1.82, 2.24) is 19.7 Å². The number of likely N-dealkylation sites (N-methyl/N-ethyl adjacent to an activating group) is 1. The standard InChI is InChI=1S/C11H16BrN5O/c1-11(2,18)5-16(3)9-7-8(12)15-17(4)10(7)14-6-13-9/h6,18H,5H2,1-4H3. The summed E-state index contributed by atoms with van der Waals surface area (Å²) in [5, 5.41) is 15.0. The lowest BCUT2D eigenvalue weighted by molar-refractivity contribution is 0.0885. The smallest absolute Gasteiger partial charge is 0.164 e. The molecule has 0 unspecified atom stereocenters. The van der Waals surface area contributed by atoms with Gasteiger partial charge in [-0.2, -0.15) is 5.10 Å². The van der Waals surface area contributed by atoms with E-state index >= 15 is 0 Å². The summed E-state index contributed by atoms with van der Waals surface area (Å²) in [6.45, 7) is 4.00. The topological polar surface area (TPSA) is 67.1 Å². The zero-order valence-corrected chi connectivity index (χ0v) is 12.4. The van der Waals surface area contributed by atoms with Crippen molar-refractivity contribution < 1.29 is 5.11 Å². The van der Waals surface area contributed by atoms with Crippen LogP contribution in [-0.4, -0.2) is 44.0 Å². The summed E-state index contributed by atoms with van der Waals surface area (Å²) in [6.07, 6.45) is 1.51. The predicted molar refractivity (Wildman–Crippen MR) is 73.6 cm³/mol. The molecule has 7 heteroatoms. The van der Waals surface area contributed by atoms with Gasteiger partial charge in [-0.1, -0.05) is 0 Å². The highest BCUT2D eigenvalue weighted by molar-refractivity contribution is 9.10. The van der Waals surface area contributed by atoms with Crippen molar-refractivity contribution in [2.45, 2.75) is 19.4 Å². The van der Waals surface area contributed by atoms with E-state index in [9.17, 15) is 5.11 Å². The van der Waals surface area contributed by atoms with Crippen LogP contribution >= 0.6 is 15.9 Å². The Morgan fingerprint density at radius 1 is 1.44 bits per heavy atom. The molecule has 0 fully saturated rings.